The summed E-state index contributed by atoms with van der Waals surface area (Å²) in [5, 5.41) is 9.31. The minimum absolute atomic E-state index is 0.0203. The Bertz CT molecular complexity index is 500. The van der Waals surface area contributed by atoms with Crippen LogP contribution in [0.15, 0.2) is 29.3 Å². The Morgan fingerprint density at radius 1 is 1.08 bits per heavy atom. The number of carbonyl (C=O) groups is 1. The van der Waals surface area contributed by atoms with Crippen molar-refractivity contribution in [3.8, 4) is 0 Å². The summed E-state index contributed by atoms with van der Waals surface area (Å²) >= 11 is 0. The second-order valence-corrected chi connectivity index (χ2v) is 5.42. The average Bonchev–Trinajstić information content (AvgIpc) is 2.60. The number of methoxy groups -OCH3 is 1. The molecule has 1 aromatic rings. The number of ether oxygens (including phenoxy) is 1. The molecule has 0 saturated carbocycles. The van der Waals surface area contributed by atoms with E-state index in [1.165, 1.54) is 0 Å². The van der Waals surface area contributed by atoms with Crippen molar-refractivity contribution in [2.75, 3.05) is 33.4 Å². The highest BCUT2D eigenvalue weighted by Gasteiger charge is 2.04. The van der Waals surface area contributed by atoms with Crippen molar-refractivity contribution in [1.82, 2.24) is 16.0 Å². The number of hydrogen-bond donors (Lipinski definition) is 3. The average molecular weight is 334 g/mol. The van der Waals surface area contributed by atoms with Crippen molar-refractivity contribution in [2.45, 2.75) is 33.2 Å². The number of guanidine groups is 1. The molecule has 1 amide bonds. The molecule has 24 heavy (non-hydrogen) atoms. The molecule has 6 nitrogen and oxygen atoms in total. The van der Waals surface area contributed by atoms with Gasteiger partial charge in [0.25, 0.3) is 5.91 Å². The molecule has 134 valence electrons. The molecule has 6 heteroatoms. The lowest BCUT2D eigenvalue weighted by Gasteiger charge is -2.11. The summed E-state index contributed by atoms with van der Waals surface area (Å²) in [5.41, 5.74) is 1.74. The summed E-state index contributed by atoms with van der Waals surface area (Å²) < 4.78 is 5.02. The second-order valence-electron chi connectivity index (χ2n) is 5.42. The number of nitrogens with zero attached hydrogens (tertiary/aromatic N) is 1. The number of rotatable bonds is 10. The van der Waals surface area contributed by atoms with Crippen LogP contribution in [0.2, 0.25) is 0 Å². The molecule has 0 unspecified atom stereocenters. The number of benzene rings is 1. The molecular formula is C18H30N4O2. The van der Waals surface area contributed by atoms with E-state index in [0.29, 0.717) is 25.3 Å². The van der Waals surface area contributed by atoms with Gasteiger partial charge in [0.15, 0.2) is 5.96 Å². The largest absolute Gasteiger partial charge is 0.383 e. The van der Waals surface area contributed by atoms with Gasteiger partial charge in [0.2, 0.25) is 0 Å². The molecule has 1 rings (SSSR count). The number of hydrogen-bond acceptors (Lipinski definition) is 3. The molecule has 0 aliphatic carbocycles. The zero-order valence-electron chi connectivity index (χ0n) is 15.0. The monoisotopic (exact) mass is 334 g/mol. The van der Waals surface area contributed by atoms with Crippen LogP contribution < -0.4 is 16.0 Å². The highest BCUT2D eigenvalue weighted by atomic mass is 16.5. The fourth-order valence-corrected chi connectivity index (χ4v) is 2.03. The van der Waals surface area contributed by atoms with E-state index in [1.54, 1.807) is 7.11 Å². The highest BCUT2D eigenvalue weighted by Crippen LogP contribution is 2.06. The maximum Gasteiger partial charge on any atom is 0.251 e. The van der Waals surface area contributed by atoms with Crippen LogP contribution in [0.4, 0.5) is 0 Å². The van der Waals surface area contributed by atoms with Crippen LogP contribution >= 0.6 is 0 Å². The Morgan fingerprint density at radius 3 is 2.46 bits per heavy atom. The minimum Gasteiger partial charge on any atom is -0.383 e. The first-order chi connectivity index (χ1) is 11.7. The molecule has 0 aromatic heterocycles. The van der Waals surface area contributed by atoms with Crippen LogP contribution in [-0.2, 0) is 11.3 Å². The van der Waals surface area contributed by atoms with Crippen LogP contribution in [0, 0.1) is 0 Å². The molecule has 3 N–H and O–H groups in total. The fourth-order valence-electron chi connectivity index (χ4n) is 2.03. The molecule has 0 atom stereocenters. The first-order valence-electron chi connectivity index (χ1n) is 8.59. The van der Waals surface area contributed by atoms with Gasteiger partial charge in [-0.2, -0.15) is 0 Å². The molecule has 0 aliphatic rings. The first kappa shape index (κ1) is 20.0. The van der Waals surface area contributed by atoms with E-state index >= 15 is 0 Å². The Morgan fingerprint density at radius 2 is 1.83 bits per heavy atom. The SMILES string of the molecule is CCCCNC(=O)c1ccc(CN=C(NCC)NCCOC)cc1. The smallest absolute Gasteiger partial charge is 0.251 e. The van der Waals surface area contributed by atoms with Crippen LogP contribution in [0.5, 0.6) is 0 Å². The third-order valence-electron chi connectivity index (χ3n) is 3.39. The van der Waals surface area contributed by atoms with E-state index in [0.717, 1.165) is 37.5 Å². The predicted molar refractivity (Wildman–Crippen MR) is 98.4 cm³/mol. The zero-order chi connectivity index (χ0) is 17.6. The van der Waals surface area contributed by atoms with Gasteiger partial charge in [-0.1, -0.05) is 25.5 Å². The van der Waals surface area contributed by atoms with Gasteiger partial charge in [0, 0.05) is 32.3 Å². The third-order valence-corrected chi connectivity index (χ3v) is 3.39. The van der Waals surface area contributed by atoms with Gasteiger partial charge in [-0.3, -0.25) is 4.79 Å². The lowest BCUT2D eigenvalue weighted by molar-refractivity contribution is 0.0953. The molecule has 0 spiro atoms. The van der Waals surface area contributed by atoms with Gasteiger partial charge in [0.05, 0.1) is 13.2 Å². The van der Waals surface area contributed by atoms with E-state index in [2.05, 4.69) is 27.9 Å². The molecule has 0 heterocycles. The van der Waals surface area contributed by atoms with E-state index in [4.69, 9.17) is 4.74 Å². The maximum atomic E-state index is 12.0. The maximum absolute atomic E-state index is 12.0. The predicted octanol–water partition coefficient (Wildman–Crippen LogP) is 1.92. The van der Waals surface area contributed by atoms with Gasteiger partial charge in [-0.25, -0.2) is 4.99 Å². The van der Waals surface area contributed by atoms with Crippen molar-refractivity contribution >= 4 is 11.9 Å². The van der Waals surface area contributed by atoms with Crippen LogP contribution in [0.25, 0.3) is 0 Å². The molecular weight excluding hydrogens is 304 g/mol. The van der Waals surface area contributed by atoms with Crippen molar-refractivity contribution < 1.29 is 9.53 Å². The number of aliphatic imine (C=N–C) groups is 1. The highest BCUT2D eigenvalue weighted by molar-refractivity contribution is 5.94. The molecule has 0 bridgehead atoms. The summed E-state index contributed by atoms with van der Waals surface area (Å²) in [5.74, 6) is 0.740. The summed E-state index contributed by atoms with van der Waals surface area (Å²) in [6.45, 7) is 7.55. The number of nitrogens with one attached hydrogen (secondary N) is 3. The minimum atomic E-state index is -0.0203. The van der Waals surface area contributed by atoms with Crippen molar-refractivity contribution in [3.63, 3.8) is 0 Å². The van der Waals surface area contributed by atoms with E-state index < -0.39 is 0 Å². The molecule has 1 aromatic carbocycles. The van der Waals surface area contributed by atoms with Crippen molar-refractivity contribution in [3.05, 3.63) is 35.4 Å². The molecule has 0 aliphatic heterocycles. The molecule has 0 saturated heterocycles. The normalized spacial score (nSPS) is 11.2. The van der Waals surface area contributed by atoms with Gasteiger partial charge >= 0.3 is 0 Å². The van der Waals surface area contributed by atoms with Crippen LogP contribution in [0.3, 0.4) is 0 Å². The number of carbonyl (C=O) groups excluding carboxylic acids is 1. The topological polar surface area (TPSA) is 74.8 Å². The standard InChI is InChI=1S/C18H30N4O2/c1-4-6-11-20-17(23)16-9-7-15(8-10-16)14-22-18(19-5-2)21-12-13-24-3/h7-10H,4-6,11-14H2,1-3H3,(H,20,23)(H2,19,21,22). The Hall–Kier alpha value is -2.08. The summed E-state index contributed by atoms with van der Waals surface area (Å²) in [4.78, 5) is 16.5. The van der Waals surface area contributed by atoms with E-state index in [9.17, 15) is 4.79 Å². The Balaban J connectivity index is 2.54. The van der Waals surface area contributed by atoms with Crippen LogP contribution in [-0.4, -0.2) is 45.2 Å². The van der Waals surface area contributed by atoms with Gasteiger partial charge < -0.3 is 20.7 Å². The lowest BCUT2D eigenvalue weighted by atomic mass is 10.1. The van der Waals surface area contributed by atoms with Crippen molar-refractivity contribution in [2.24, 2.45) is 4.99 Å². The number of unbranched alkanes of at least 4 members (excludes halogenated alkanes) is 1. The van der Waals surface area contributed by atoms with Gasteiger partial charge in [-0.05, 0) is 31.0 Å². The van der Waals surface area contributed by atoms with E-state index in [-0.39, 0.29) is 5.91 Å². The third kappa shape index (κ3) is 7.97. The number of amides is 1. The second kappa shape index (κ2) is 12.4. The van der Waals surface area contributed by atoms with Crippen molar-refractivity contribution in [1.29, 1.82) is 0 Å². The lowest BCUT2D eigenvalue weighted by Crippen LogP contribution is -2.38. The zero-order valence-corrected chi connectivity index (χ0v) is 15.0. The molecule has 0 fully saturated rings. The summed E-state index contributed by atoms with van der Waals surface area (Å²) in [6.07, 6.45) is 2.07. The van der Waals surface area contributed by atoms with Gasteiger partial charge in [-0.15, -0.1) is 0 Å². The molecule has 0 radical (unpaired) electrons. The quantitative estimate of drug-likeness (QED) is 0.347. The van der Waals surface area contributed by atoms with Gasteiger partial charge in [0.1, 0.15) is 0 Å². The Labute approximate surface area is 145 Å². The van der Waals surface area contributed by atoms with Crippen LogP contribution in [0.1, 0.15) is 42.6 Å². The summed E-state index contributed by atoms with van der Waals surface area (Å²) in [6, 6.07) is 7.57. The summed E-state index contributed by atoms with van der Waals surface area (Å²) in [7, 11) is 1.67. The van der Waals surface area contributed by atoms with E-state index in [1.807, 2.05) is 31.2 Å². The fraction of sp³-hybridized carbons (Fsp3) is 0.556. The first-order valence-corrected chi connectivity index (χ1v) is 8.59. The Kier molecular flexibility index (Phi) is 10.3.